The zero-order valence-electron chi connectivity index (χ0n) is 17.5. The third kappa shape index (κ3) is 7.21. The summed E-state index contributed by atoms with van der Waals surface area (Å²) < 4.78 is 11.7. The largest absolute Gasteiger partial charge is 0.493 e. The Hall–Kier alpha value is -2.33. The molecule has 0 heterocycles. The highest BCUT2D eigenvalue weighted by atomic mass is 16.5. The second kappa shape index (κ2) is 11.6. The Morgan fingerprint density at radius 2 is 1.83 bits per heavy atom. The van der Waals surface area contributed by atoms with Crippen LogP contribution in [0.25, 0.3) is 0 Å². The maximum absolute atomic E-state index is 12.7. The lowest BCUT2D eigenvalue weighted by atomic mass is 9.90. The van der Waals surface area contributed by atoms with Crippen molar-refractivity contribution in [3.05, 3.63) is 65.2 Å². The molecular weight excluding hydrogens is 362 g/mol. The molecule has 2 aromatic carbocycles. The fourth-order valence-corrected chi connectivity index (χ4v) is 3.85. The smallest absolute Gasteiger partial charge is 0.338 e. The third-order valence-corrected chi connectivity index (χ3v) is 5.52. The molecule has 0 saturated heterocycles. The molecule has 29 heavy (non-hydrogen) atoms. The molecule has 3 rings (SSSR count). The Balaban J connectivity index is 1.65. The van der Waals surface area contributed by atoms with Gasteiger partial charge in [-0.3, -0.25) is 0 Å². The van der Waals surface area contributed by atoms with Gasteiger partial charge >= 0.3 is 5.97 Å². The third-order valence-electron chi connectivity index (χ3n) is 5.52. The Morgan fingerprint density at radius 3 is 2.59 bits per heavy atom. The number of carbonyl (C=O) groups is 1. The predicted molar refractivity (Wildman–Crippen MR) is 116 cm³/mol. The van der Waals surface area contributed by atoms with Gasteiger partial charge in [0, 0.05) is 0 Å². The zero-order valence-corrected chi connectivity index (χ0v) is 17.5. The lowest BCUT2D eigenvalue weighted by molar-refractivity contribution is 0.0472. The molecule has 0 amide bonds. The van der Waals surface area contributed by atoms with E-state index in [1.54, 1.807) is 0 Å². The van der Waals surface area contributed by atoms with Gasteiger partial charge in [-0.25, -0.2) is 4.79 Å². The van der Waals surface area contributed by atoms with Crippen LogP contribution in [0, 0.1) is 5.92 Å². The number of aryl methyl sites for hydroxylation is 1. The van der Waals surface area contributed by atoms with E-state index in [0.717, 1.165) is 42.9 Å². The van der Waals surface area contributed by atoms with E-state index in [4.69, 9.17) is 9.47 Å². The number of rotatable bonds is 10. The summed E-state index contributed by atoms with van der Waals surface area (Å²) in [6.45, 7) is 1.96. The van der Waals surface area contributed by atoms with Gasteiger partial charge in [-0.1, -0.05) is 49.6 Å². The van der Waals surface area contributed by atoms with Gasteiger partial charge in [-0.05, 0) is 74.5 Å². The molecule has 4 nitrogen and oxygen atoms in total. The Labute approximate surface area is 174 Å². The van der Waals surface area contributed by atoms with Crippen molar-refractivity contribution in [3.63, 3.8) is 0 Å². The molecule has 1 N–H and O–H groups in total. The van der Waals surface area contributed by atoms with Gasteiger partial charge in [0.05, 0.1) is 12.2 Å². The van der Waals surface area contributed by atoms with Crippen molar-refractivity contribution in [2.75, 3.05) is 20.2 Å². The molecule has 0 radical (unpaired) electrons. The Bertz CT molecular complexity index is 754. The molecule has 0 atom stereocenters. The summed E-state index contributed by atoms with van der Waals surface area (Å²) in [5.41, 5.74) is 2.68. The Kier molecular flexibility index (Phi) is 8.57. The minimum absolute atomic E-state index is 0.280. The van der Waals surface area contributed by atoms with E-state index in [2.05, 4.69) is 11.4 Å². The van der Waals surface area contributed by atoms with Crippen molar-refractivity contribution in [1.29, 1.82) is 0 Å². The first-order chi connectivity index (χ1) is 14.2. The van der Waals surface area contributed by atoms with Gasteiger partial charge < -0.3 is 14.8 Å². The highest BCUT2D eigenvalue weighted by molar-refractivity contribution is 5.90. The monoisotopic (exact) mass is 395 g/mol. The van der Waals surface area contributed by atoms with Crippen molar-refractivity contribution < 1.29 is 14.3 Å². The summed E-state index contributed by atoms with van der Waals surface area (Å²) >= 11 is 0. The van der Waals surface area contributed by atoms with Crippen LogP contribution in [0.4, 0.5) is 0 Å². The molecule has 0 bridgehead atoms. The van der Waals surface area contributed by atoms with Crippen molar-refractivity contribution >= 4 is 5.97 Å². The van der Waals surface area contributed by atoms with Crippen LogP contribution < -0.4 is 10.1 Å². The van der Waals surface area contributed by atoms with E-state index in [1.807, 2.05) is 49.5 Å². The quantitative estimate of drug-likeness (QED) is 0.446. The van der Waals surface area contributed by atoms with Crippen molar-refractivity contribution in [2.45, 2.75) is 51.6 Å². The number of nitrogens with one attached hydrogen (secondary N) is 1. The first-order valence-corrected chi connectivity index (χ1v) is 10.9. The molecule has 1 saturated carbocycles. The minimum atomic E-state index is -0.299. The highest BCUT2D eigenvalue weighted by Crippen LogP contribution is 2.26. The van der Waals surface area contributed by atoms with Crippen molar-refractivity contribution in [1.82, 2.24) is 5.32 Å². The number of esters is 1. The number of benzene rings is 2. The van der Waals surface area contributed by atoms with Crippen LogP contribution in [0.3, 0.4) is 0 Å². The SMILES string of the molecule is CNCCCc1cc(OCC2CCCCC2)cc(C(=O)OCc2ccccc2)c1. The fraction of sp³-hybridized carbons (Fsp3) is 0.480. The molecule has 0 aromatic heterocycles. The van der Waals surface area contributed by atoms with Crippen LogP contribution in [0.5, 0.6) is 5.75 Å². The molecule has 156 valence electrons. The summed E-state index contributed by atoms with van der Waals surface area (Å²) in [5.74, 6) is 1.11. The van der Waals surface area contributed by atoms with Crippen LogP contribution in [0.2, 0.25) is 0 Å². The number of carbonyl (C=O) groups excluding carboxylic acids is 1. The normalized spacial score (nSPS) is 14.5. The minimum Gasteiger partial charge on any atom is -0.493 e. The van der Waals surface area contributed by atoms with Gasteiger partial charge in [-0.15, -0.1) is 0 Å². The summed E-state index contributed by atoms with van der Waals surface area (Å²) in [7, 11) is 1.95. The molecular formula is C25H33NO3. The standard InChI is InChI=1S/C25H33NO3/c1-26-14-8-13-22-15-23(25(27)29-19-21-11-6-3-7-12-21)17-24(16-22)28-18-20-9-4-2-5-10-20/h3,6-7,11-12,15-17,20,26H,2,4-5,8-10,13-14,18-19H2,1H3. The Morgan fingerprint density at radius 1 is 1.03 bits per heavy atom. The fourth-order valence-electron chi connectivity index (χ4n) is 3.85. The van der Waals surface area contributed by atoms with Crippen LogP contribution in [0.15, 0.2) is 48.5 Å². The second-order valence-corrected chi connectivity index (χ2v) is 7.95. The van der Waals surface area contributed by atoms with Crippen LogP contribution in [-0.2, 0) is 17.8 Å². The summed E-state index contributed by atoms with van der Waals surface area (Å²) in [5, 5.41) is 3.17. The molecule has 0 aliphatic heterocycles. The summed E-state index contributed by atoms with van der Waals surface area (Å²) in [6.07, 6.45) is 8.35. The lowest BCUT2D eigenvalue weighted by Gasteiger charge is -2.22. The number of hydrogen-bond acceptors (Lipinski definition) is 4. The van der Waals surface area contributed by atoms with Gasteiger partial charge in [0.1, 0.15) is 12.4 Å². The van der Waals surface area contributed by atoms with Gasteiger partial charge in [0.15, 0.2) is 0 Å². The van der Waals surface area contributed by atoms with Crippen molar-refractivity contribution in [2.24, 2.45) is 5.92 Å². The van der Waals surface area contributed by atoms with E-state index >= 15 is 0 Å². The first kappa shape index (κ1) is 21.4. The van der Waals surface area contributed by atoms with Gasteiger partial charge in [-0.2, -0.15) is 0 Å². The molecule has 2 aromatic rings. The molecule has 4 heteroatoms. The highest BCUT2D eigenvalue weighted by Gasteiger charge is 2.16. The topological polar surface area (TPSA) is 47.6 Å². The zero-order chi connectivity index (χ0) is 20.3. The molecule has 1 aliphatic carbocycles. The van der Waals surface area contributed by atoms with E-state index < -0.39 is 0 Å². The summed E-state index contributed by atoms with van der Waals surface area (Å²) in [6, 6.07) is 15.6. The first-order valence-electron chi connectivity index (χ1n) is 10.9. The van der Waals surface area contributed by atoms with E-state index in [0.29, 0.717) is 11.5 Å². The molecule has 1 aliphatic rings. The van der Waals surface area contributed by atoms with Crippen molar-refractivity contribution in [3.8, 4) is 5.75 Å². The average Bonchev–Trinajstić information content (AvgIpc) is 2.77. The average molecular weight is 396 g/mol. The number of ether oxygens (including phenoxy) is 2. The molecule has 0 spiro atoms. The lowest BCUT2D eigenvalue weighted by Crippen LogP contribution is -2.16. The number of hydrogen-bond donors (Lipinski definition) is 1. The predicted octanol–water partition coefficient (Wildman–Crippen LogP) is 5.15. The van der Waals surface area contributed by atoms with E-state index in [1.165, 1.54) is 32.1 Å². The van der Waals surface area contributed by atoms with Gasteiger partial charge in [0.2, 0.25) is 0 Å². The van der Waals surface area contributed by atoms with Crippen LogP contribution in [0.1, 0.15) is 60.0 Å². The van der Waals surface area contributed by atoms with E-state index in [-0.39, 0.29) is 12.6 Å². The maximum atomic E-state index is 12.7. The van der Waals surface area contributed by atoms with Gasteiger partial charge in [0.25, 0.3) is 0 Å². The maximum Gasteiger partial charge on any atom is 0.338 e. The second-order valence-electron chi connectivity index (χ2n) is 7.95. The molecule has 0 unspecified atom stereocenters. The van der Waals surface area contributed by atoms with Crippen LogP contribution >= 0.6 is 0 Å². The van der Waals surface area contributed by atoms with Crippen LogP contribution in [-0.4, -0.2) is 26.2 Å². The van der Waals surface area contributed by atoms with E-state index in [9.17, 15) is 4.79 Å². The summed E-state index contributed by atoms with van der Waals surface area (Å²) in [4.78, 5) is 12.7. The molecule has 1 fully saturated rings.